The van der Waals surface area contributed by atoms with Crippen LogP contribution in [0, 0.1) is 13.8 Å². The van der Waals surface area contributed by atoms with Gasteiger partial charge < -0.3 is 14.5 Å². The molecule has 3 rings (SSSR count). The number of likely N-dealkylation sites (tertiary alicyclic amines) is 1. The highest BCUT2D eigenvalue weighted by Crippen LogP contribution is 2.27. The van der Waals surface area contributed by atoms with E-state index >= 15 is 0 Å². The third-order valence-corrected chi connectivity index (χ3v) is 5.94. The molecule has 1 unspecified atom stereocenters. The minimum atomic E-state index is 0.0355. The minimum Gasteiger partial charge on any atom is -0.496 e. The molecule has 2 heterocycles. The van der Waals surface area contributed by atoms with Gasteiger partial charge in [0.15, 0.2) is 0 Å². The lowest BCUT2D eigenvalue weighted by molar-refractivity contribution is -0.131. The van der Waals surface area contributed by atoms with Crippen molar-refractivity contribution in [2.24, 2.45) is 0 Å². The molecule has 2 aromatic rings. The van der Waals surface area contributed by atoms with Gasteiger partial charge in [-0.15, -0.1) is 0 Å². The van der Waals surface area contributed by atoms with Crippen molar-refractivity contribution in [2.75, 3.05) is 34.3 Å². The van der Waals surface area contributed by atoms with Crippen molar-refractivity contribution in [1.82, 2.24) is 19.8 Å². The molecule has 2 amide bonds. The summed E-state index contributed by atoms with van der Waals surface area (Å²) < 4.78 is 5.39. The minimum absolute atomic E-state index is 0.0355. The monoisotopic (exact) mass is 424 g/mol. The van der Waals surface area contributed by atoms with Gasteiger partial charge in [-0.2, -0.15) is 0 Å². The lowest BCUT2D eigenvalue weighted by atomic mass is 9.95. The topological polar surface area (TPSA) is 75.6 Å². The van der Waals surface area contributed by atoms with Gasteiger partial charge in [-0.3, -0.25) is 9.59 Å². The van der Waals surface area contributed by atoms with Crippen molar-refractivity contribution in [3.63, 3.8) is 0 Å². The maximum Gasteiger partial charge on any atom is 0.227 e. The largest absolute Gasteiger partial charge is 0.496 e. The van der Waals surface area contributed by atoms with Crippen molar-refractivity contribution in [3.05, 3.63) is 52.6 Å². The van der Waals surface area contributed by atoms with Crippen molar-refractivity contribution in [1.29, 1.82) is 0 Å². The fourth-order valence-corrected chi connectivity index (χ4v) is 4.05. The highest BCUT2D eigenvalue weighted by atomic mass is 16.5. The van der Waals surface area contributed by atoms with Crippen LogP contribution in [0.1, 0.15) is 47.1 Å². The van der Waals surface area contributed by atoms with E-state index in [4.69, 9.17) is 14.7 Å². The Hall–Kier alpha value is -2.96. The normalized spacial score (nSPS) is 16.2. The number of amides is 2. The Balaban J connectivity index is 1.73. The molecule has 1 aliphatic rings. The van der Waals surface area contributed by atoms with E-state index < -0.39 is 0 Å². The smallest absolute Gasteiger partial charge is 0.227 e. The van der Waals surface area contributed by atoms with E-state index in [0.29, 0.717) is 19.4 Å². The second kappa shape index (κ2) is 9.90. The molecule has 0 aliphatic carbocycles. The number of para-hydroxylation sites is 1. The molecule has 0 N–H and O–H groups in total. The van der Waals surface area contributed by atoms with Crippen molar-refractivity contribution >= 4 is 11.8 Å². The lowest BCUT2D eigenvalue weighted by Gasteiger charge is -2.32. The van der Waals surface area contributed by atoms with E-state index in [-0.39, 0.29) is 17.7 Å². The average molecular weight is 425 g/mol. The van der Waals surface area contributed by atoms with Gasteiger partial charge in [-0.1, -0.05) is 18.2 Å². The van der Waals surface area contributed by atoms with E-state index in [1.165, 1.54) is 0 Å². The molecule has 31 heavy (non-hydrogen) atoms. The van der Waals surface area contributed by atoms with Crippen LogP contribution in [0.5, 0.6) is 5.75 Å². The fraction of sp³-hybridized carbons (Fsp3) is 0.500. The van der Waals surface area contributed by atoms with Crippen LogP contribution in [0.3, 0.4) is 0 Å². The maximum absolute atomic E-state index is 13.0. The molecular weight excluding hydrogens is 392 g/mol. The van der Waals surface area contributed by atoms with Crippen LogP contribution >= 0.6 is 0 Å². The van der Waals surface area contributed by atoms with E-state index in [2.05, 4.69) is 0 Å². The maximum atomic E-state index is 13.0. The number of rotatable bonds is 6. The molecule has 7 heteroatoms. The number of benzene rings is 1. The van der Waals surface area contributed by atoms with Gasteiger partial charge in [-0.25, -0.2) is 9.97 Å². The number of nitrogens with zero attached hydrogens (tertiary/aromatic N) is 4. The summed E-state index contributed by atoms with van der Waals surface area (Å²) in [5.41, 5.74) is 3.47. The Kier molecular flexibility index (Phi) is 7.25. The number of aromatic nitrogens is 2. The number of carbonyl (C=O) groups is 2. The second-order valence-corrected chi connectivity index (χ2v) is 8.36. The van der Waals surface area contributed by atoms with Crippen LogP contribution in [-0.4, -0.2) is 65.9 Å². The van der Waals surface area contributed by atoms with Crippen molar-refractivity contribution < 1.29 is 14.3 Å². The molecule has 1 aromatic carbocycles. The van der Waals surface area contributed by atoms with Crippen LogP contribution in [0.15, 0.2) is 24.3 Å². The summed E-state index contributed by atoms with van der Waals surface area (Å²) in [7, 11) is 5.12. The Morgan fingerprint density at radius 1 is 1.13 bits per heavy atom. The van der Waals surface area contributed by atoms with Crippen LogP contribution in [0.4, 0.5) is 0 Å². The molecule has 7 nitrogen and oxygen atoms in total. The zero-order chi connectivity index (χ0) is 22.5. The molecule has 0 spiro atoms. The molecule has 1 saturated heterocycles. The zero-order valence-electron chi connectivity index (χ0n) is 19.1. The Bertz CT molecular complexity index is 935. The van der Waals surface area contributed by atoms with Gasteiger partial charge in [0.1, 0.15) is 11.6 Å². The van der Waals surface area contributed by atoms with Crippen LogP contribution in [-0.2, 0) is 22.4 Å². The van der Waals surface area contributed by atoms with Gasteiger partial charge in [0.2, 0.25) is 11.8 Å². The highest BCUT2D eigenvalue weighted by molar-refractivity contribution is 5.80. The van der Waals surface area contributed by atoms with Crippen molar-refractivity contribution in [3.8, 4) is 5.75 Å². The standard InChI is InChI=1S/C24H32N4O3/c1-16-20(14-22(29)27(3)4)17(2)26-24(25-16)19-10-8-12-28(15-19)23(30)13-18-9-6-7-11-21(18)31-5/h6-7,9,11,19H,8,10,12-15H2,1-5H3. The second-order valence-electron chi connectivity index (χ2n) is 8.36. The van der Waals surface area contributed by atoms with Gasteiger partial charge in [0.25, 0.3) is 0 Å². The summed E-state index contributed by atoms with van der Waals surface area (Å²) in [5, 5.41) is 0. The number of piperidine rings is 1. The molecule has 0 radical (unpaired) electrons. The molecule has 1 fully saturated rings. The SMILES string of the molecule is COc1ccccc1CC(=O)N1CCCC(c2nc(C)c(CC(=O)N(C)C)c(C)n2)C1. The Morgan fingerprint density at radius 2 is 1.81 bits per heavy atom. The van der Waals surface area contributed by atoms with E-state index in [0.717, 1.165) is 53.5 Å². The first-order valence-corrected chi connectivity index (χ1v) is 10.7. The molecule has 1 atom stereocenters. The summed E-state index contributed by atoms with van der Waals surface area (Å²) in [5.74, 6) is 1.74. The predicted octanol–water partition coefficient (Wildman–Crippen LogP) is 2.68. The average Bonchev–Trinajstić information content (AvgIpc) is 2.76. The Morgan fingerprint density at radius 3 is 2.45 bits per heavy atom. The molecule has 0 bridgehead atoms. The first-order chi connectivity index (χ1) is 14.8. The first kappa shape index (κ1) is 22.7. The van der Waals surface area contributed by atoms with E-state index in [1.807, 2.05) is 43.0 Å². The van der Waals surface area contributed by atoms with E-state index in [1.54, 1.807) is 26.1 Å². The number of ether oxygens (including phenoxy) is 1. The zero-order valence-corrected chi connectivity index (χ0v) is 19.1. The summed E-state index contributed by atoms with van der Waals surface area (Å²) in [6, 6.07) is 7.64. The first-order valence-electron chi connectivity index (χ1n) is 10.7. The number of methoxy groups -OCH3 is 1. The van der Waals surface area contributed by atoms with Crippen LogP contribution in [0.25, 0.3) is 0 Å². The summed E-state index contributed by atoms with van der Waals surface area (Å²) in [6.07, 6.45) is 2.50. The molecule has 0 saturated carbocycles. The molecular formula is C24H32N4O3. The summed E-state index contributed by atoms with van der Waals surface area (Å²) in [6.45, 7) is 5.23. The van der Waals surface area contributed by atoms with Gasteiger partial charge in [0.05, 0.1) is 20.0 Å². The lowest BCUT2D eigenvalue weighted by Crippen LogP contribution is -2.40. The Labute approximate surface area is 184 Å². The van der Waals surface area contributed by atoms with Crippen LogP contribution in [0.2, 0.25) is 0 Å². The van der Waals surface area contributed by atoms with E-state index in [9.17, 15) is 9.59 Å². The van der Waals surface area contributed by atoms with Gasteiger partial charge in [-0.05, 0) is 32.8 Å². The predicted molar refractivity (Wildman–Crippen MR) is 119 cm³/mol. The van der Waals surface area contributed by atoms with Crippen LogP contribution < -0.4 is 4.74 Å². The molecule has 1 aromatic heterocycles. The summed E-state index contributed by atoms with van der Waals surface area (Å²) in [4.78, 5) is 38.1. The quantitative estimate of drug-likeness (QED) is 0.713. The number of hydrogen-bond donors (Lipinski definition) is 0. The molecule has 166 valence electrons. The summed E-state index contributed by atoms with van der Waals surface area (Å²) >= 11 is 0. The number of hydrogen-bond acceptors (Lipinski definition) is 5. The fourth-order valence-electron chi connectivity index (χ4n) is 4.05. The third kappa shape index (κ3) is 5.40. The number of carbonyl (C=O) groups excluding carboxylic acids is 2. The third-order valence-electron chi connectivity index (χ3n) is 5.94. The molecule has 1 aliphatic heterocycles. The number of likely N-dealkylation sites (N-methyl/N-ethyl adjacent to an activating group) is 1. The number of aryl methyl sites for hydroxylation is 2. The van der Waals surface area contributed by atoms with Crippen molar-refractivity contribution in [2.45, 2.75) is 45.4 Å². The van der Waals surface area contributed by atoms with Gasteiger partial charge >= 0.3 is 0 Å². The highest BCUT2D eigenvalue weighted by Gasteiger charge is 2.28. The van der Waals surface area contributed by atoms with Gasteiger partial charge in [0, 0.05) is 55.6 Å².